The van der Waals surface area contributed by atoms with Crippen LogP contribution in [-0.2, 0) is 4.79 Å². The molecular formula is C21H17F4N5O3. The summed E-state index contributed by atoms with van der Waals surface area (Å²) in [6.45, 7) is -1.14. The van der Waals surface area contributed by atoms with Gasteiger partial charge in [0.15, 0.2) is 12.3 Å². The Bertz CT molecular complexity index is 1180. The van der Waals surface area contributed by atoms with Crippen LogP contribution in [0.5, 0.6) is 5.75 Å². The lowest BCUT2D eigenvalue weighted by Crippen LogP contribution is -2.50. The number of nitrogens with one attached hydrogen (secondary N) is 1. The smallest absolute Gasteiger partial charge is 0.422 e. The molecule has 1 aromatic carbocycles. The van der Waals surface area contributed by atoms with Crippen LogP contribution in [0.4, 0.5) is 17.6 Å². The quantitative estimate of drug-likeness (QED) is 0.588. The number of ether oxygens (including phenoxy) is 1. The summed E-state index contributed by atoms with van der Waals surface area (Å²) < 4.78 is 57.9. The molecule has 33 heavy (non-hydrogen) atoms. The molecule has 1 aliphatic heterocycles. The number of aromatic nitrogens is 3. The van der Waals surface area contributed by atoms with Crippen LogP contribution < -0.4 is 10.1 Å². The number of carbonyl (C=O) groups excluding carboxylic acids is 2. The van der Waals surface area contributed by atoms with E-state index < -0.39 is 24.5 Å². The van der Waals surface area contributed by atoms with E-state index in [1.54, 1.807) is 12.1 Å². The molecule has 0 atom stereocenters. The Morgan fingerprint density at radius 1 is 1.21 bits per heavy atom. The molecule has 4 rings (SSSR count). The van der Waals surface area contributed by atoms with Crippen molar-refractivity contribution in [1.29, 1.82) is 0 Å². The number of benzene rings is 1. The second-order valence-corrected chi connectivity index (χ2v) is 7.19. The summed E-state index contributed by atoms with van der Waals surface area (Å²) in [5, 5.41) is 6.93. The normalized spacial score (nSPS) is 14.2. The predicted octanol–water partition coefficient (Wildman–Crippen LogP) is 2.59. The molecule has 12 heteroatoms. The molecular weight excluding hydrogens is 446 g/mol. The van der Waals surface area contributed by atoms with Crippen molar-refractivity contribution in [3.8, 4) is 22.7 Å². The van der Waals surface area contributed by atoms with Gasteiger partial charge in [0.2, 0.25) is 5.91 Å². The molecule has 0 spiro atoms. The van der Waals surface area contributed by atoms with Gasteiger partial charge in [-0.1, -0.05) is 0 Å². The fourth-order valence-corrected chi connectivity index (χ4v) is 3.30. The number of rotatable bonds is 5. The van der Waals surface area contributed by atoms with Crippen molar-refractivity contribution in [1.82, 2.24) is 25.0 Å². The van der Waals surface area contributed by atoms with Crippen LogP contribution in [0.2, 0.25) is 0 Å². The van der Waals surface area contributed by atoms with Gasteiger partial charge in [0.1, 0.15) is 11.6 Å². The molecule has 0 radical (unpaired) electrons. The highest BCUT2D eigenvalue weighted by atomic mass is 19.4. The van der Waals surface area contributed by atoms with Gasteiger partial charge >= 0.3 is 6.18 Å². The maximum Gasteiger partial charge on any atom is 0.422 e. The van der Waals surface area contributed by atoms with E-state index in [0.29, 0.717) is 12.2 Å². The van der Waals surface area contributed by atoms with Gasteiger partial charge in [-0.2, -0.15) is 18.3 Å². The summed E-state index contributed by atoms with van der Waals surface area (Å²) in [6.07, 6.45) is -1.61. The number of nitrogens with zero attached hydrogens (tertiary/aromatic N) is 4. The third-order valence-corrected chi connectivity index (χ3v) is 4.71. The number of hydrogen-bond acceptors (Lipinski definition) is 5. The summed E-state index contributed by atoms with van der Waals surface area (Å²) in [7, 11) is 0. The Morgan fingerprint density at radius 2 is 2.03 bits per heavy atom. The zero-order valence-corrected chi connectivity index (χ0v) is 17.0. The molecule has 1 saturated heterocycles. The zero-order chi connectivity index (χ0) is 23.6. The molecule has 8 nitrogen and oxygen atoms in total. The van der Waals surface area contributed by atoms with Crippen LogP contribution >= 0.6 is 0 Å². The molecule has 0 bridgehead atoms. The highest BCUT2D eigenvalue weighted by molar-refractivity contribution is 5.96. The molecule has 0 saturated carbocycles. The molecule has 172 valence electrons. The maximum absolute atomic E-state index is 14.2. The number of carbonyl (C=O) groups is 2. The second kappa shape index (κ2) is 8.88. The lowest BCUT2D eigenvalue weighted by Gasteiger charge is -2.25. The van der Waals surface area contributed by atoms with Crippen molar-refractivity contribution in [2.24, 2.45) is 0 Å². The van der Waals surface area contributed by atoms with E-state index in [9.17, 15) is 27.2 Å². The zero-order valence-electron chi connectivity index (χ0n) is 17.0. The fourth-order valence-electron chi connectivity index (χ4n) is 3.30. The Kier molecular flexibility index (Phi) is 5.99. The first kappa shape index (κ1) is 22.2. The lowest BCUT2D eigenvalue weighted by molar-refractivity contribution is -0.153. The summed E-state index contributed by atoms with van der Waals surface area (Å²) >= 11 is 0. The number of pyridine rings is 1. The van der Waals surface area contributed by atoms with E-state index in [1.165, 1.54) is 34.1 Å². The minimum absolute atomic E-state index is 0.0226. The first-order valence-electron chi connectivity index (χ1n) is 9.76. The highest BCUT2D eigenvalue weighted by Gasteiger charge is 2.29. The summed E-state index contributed by atoms with van der Waals surface area (Å²) in [6, 6.07) is 7.80. The Hall–Kier alpha value is -3.96. The van der Waals surface area contributed by atoms with E-state index in [1.807, 2.05) is 0 Å². The van der Waals surface area contributed by atoms with Gasteiger partial charge in [0.25, 0.3) is 5.91 Å². The number of alkyl halides is 3. The van der Waals surface area contributed by atoms with Crippen molar-refractivity contribution in [2.75, 3.05) is 26.2 Å². The Labute approximate surface area is 184 Å². The van der Waals surface area contributed by atoms with E-state index in [-0.39, 0.29) is 41.7 Å². The van der Waals surface area contributed by atoms with Gasteiger partial charge in [0, 0.05) is 30.9 Å². The fraction of sp³-hybridized carbons (Fsp3) is 0.238. The highest BCUT2D eigenvalue weighted by Crippen LogP contribution is 2.30. The van der Waals surface area contributed by atoms with E-state index in [0.717, 1.165) is 12.1 Å². The predicted molar refractivity (Wildman–Crippen MR) is 107 cm³/mol. The van der Waals surface area contributed by atoms with Crippen molar-refractivity contribution in [3.63, 3.8) is 0 Å². The van der Waals surface area contributed by atoms with Gasteiger partial charge in [-0.3, -0.25) is 14.6 Å². The van der Waals surface area contributed by atoms with Gasteiger partial charge < -0.3 is 15.0 Å². The molecule has 1 N–H and O–H groups in total. The van der Waals surface area contributed by atoms with Gasteiger partial charge in [-0.05, 0) is 30.3 Å². The minimum atomic E-state index is -4.59. The third kappa shape index (κ3) is 5.27. The van der Waals surface area contributed by atoms with Crippen LogP contribution in [-0.4, -0.2) is 63.9 Å². The van der Waals surface area contributed by atoms with Crippen molar-refractivity contribution in [2.45, 2.75) is 6.18 Å². The van der Waals surface area contributed by atoms with Crippen molar-refractivity contribution >= 4 is 11.8 Å². The van der Waals surface area contributed by atoms with Crippen LogP contribution in [0.3, 0.4) is 0 Å². The number of amides is 2. The third-order valence-electron chi connectivity index (χ3n) is 4.71. The molecule has 1 aliphatic rings. The maximum atomic E-state index is 14.2. The lowest BCUT2D eigenvalue weighted by atomic mass is 10.1. The van der Waals surface area contributed by atoms with Gasteiger partial charge in [-0.15, -0.1) is 0 Å². The number of halogens is 4. The van der Waals surface area contributed by atoms with Crippen molar-refractivity contribution < 1.29 is 31.9 Å². The first-order valence-corrected chi connectivity index (χ1v) is 9.76. The summed E-state index contributed by atoms with van der Waals surface area (Å²) in [5.41, 5.74) is 0.777. The molecule has 1 fully saturated rings. The topological polar surface area (TPSA) is 89.4 Å². The van der Waals surface area contributed by atoms with E-state index >= 15 is 0 Å². The Balaban J connectivity index is 1.75. The molecule has 3 heterocycles. The van der Waals surface area contributed by atoms with Gasteiger partial charge in [0.05, 0.1) is 24.1 Å². The average molecular weight is 463 g/mol. The average Bonchev–Trinajstić information content (AvgIpc) is 3.23. The largest absolute Gasteiger partial charge is 0.484 e. The molecule has 0 unspecified atom stereocenters. The summed E-state index contributed by atoms with van der Waals surface area (Å²) in [4.78, 5) is 29.9. The van der Waals surface area contributed by atoms with E-state index in [2.05, 4.69) is 15.4 Å². The minimum Gasteiger partial charge on any atom is -0.484 e. The van der Waals surface area contributed by atoms with Crippen LogP contribution in [0.25, 0.3) is 16.9 Å². The molecule has 3 aromatic rings. The molecule has 0 aliphatic carbocycles. The van der Waals surface area contributed by atoms with Crippen LogP contribution in [0.15, 0.2) is 48.8 Å². The number of piperazine rings is 1. The Morgan fingerprint density at radius 3 is 2.73 bits per heavy atom. The standard InChI is InChI=1S/C21H17F4N5O3/c22-14-6-13(7-16(8-14)33-12-21(23,24)25)18-9-17(20(32)29-5-4-27-19(31)11-29)28-30(18)15-2-1-3-26-10-15/h1-3,6-10H,4-5,11-12H2,(H,27,31). The molecule has 2 amide bonds. The monoisotopic (exact) mass is 463 g/mol. The van der Waals surface area contributed by atoms with Crippen LogP contribution in [0.1, 0.15) is 10.5 Å². The van der Waals surface area contributed by atoms with Gasteiger partial charge in [-0.25, -0.2) is 9.07 Å². The van der Waals surface area contributed by atoms with Crippen LogP contribution in [0, 0.1) is 5.82 Å². The molecule has 2 aromatic heterocycles. The SMILES string of the molecule is O=C1CN(C(=O)c2cc(-c3cc(F)cc(OCC(F)(F)F)c3)n(-c3cccnc3)n2)CCN1. The second-order valence-electron chi connectivity index (χ2n) is 7.19. The first-order chi connectivity index (χ1) is 15.7. The summed E-state index contributed by atoms with van der Waals surface area (Å²) in [5.74, 6) is -1.98. The number of hydrogen-bond donors (Lipinski definition) is 1. The van der Waals surface area contributed by atoms with E-state index in [4.69, 9.17) is 4.74 Å². The van der Waals surface area contributed by atoms with Crippen molar-refractivity contribution in [3.05, 3.63) is 60.3 Å².